The van der Waals surface area contributed by atoms with Crippen LogP contribution in [0.5, 0.6) is 0 Å². The van der Waals surface area contributed by atoms with Gasteiger partial charge >= 0.3 is 0 Å². The average molecular weight is 267 g/mol. The van der Waals surface area contributed by atoms with Crippen LogP contribution in [-0.2, 0) is 11.2 Å². The van der Waals surface area contributed by atoms with Crippen molar-refractivity contribution < 1.29 is 4.74 Å². The first-order valence-electron chi connectivity index (χ1n) is 6.74. The maximum absolute atomic E-state index is 5.52. The maximum Gasteiger partial charge on any atom is 0.148 e. The Morgan fingerprint density at radius 1 is 1.26 bits per heavy atom. The van der Waals surface area contributed by atoms with Crippen molar-refractivity contribution in [3.05, 3.63) is 11.4 Å². The van der Waals surface area contributed by atoms with E-state index in [0.29, 0.717) is 18.3 Å². The summed E-state index contributed by atoms with van der Waals surface area (Å²) in [5.41, 5.74) is 3.52. The maximum atomic E-state index is 5.52. The fourth-order valence-electron chi connectivity index (χ4n) is 1.59. The molecule has 0 bridgehead atoms. The van der Waals surface area contributed by atoms with Gasteiger partial charge in [0.1, 0.15) is 17.5 Å². The fourth-order valence-corrected chi connectivity index (χ4v) is 1.59. The number of nitrogens with one attached hydrogen (secondary N) is 2. The van der Waals surface area contributed by atoms with Crippen molar-refractivity contribution >= 4 is 11.6 Å². The zero-order chi connectivity index (χ0) is 14.3. The summed E-state index contributed by atoms with van der Waals surface area (Å²) in [7, 11) is 0. The van der Waals surface area contributed by atoms with Crippen molar-refractivity contribution in [2.24, 2.45) is 11.8 Å². The van der Waals surface area contributed by atoms with E-state index in [-0.39, 0.29) is 0 Å². The topological polar surface area (TPSA) is 85.1 Å². The summed E-state index contributed by atoms with van der Waals surface area (Å²) in [5.74, 6) is 8.26. The van der Waals surface area contributed by atoms with Crippen molar-refractivity contribution in [3.63, 3.8) is 0 Å². The number of hydrogen-bond donors (Lipinski definition) is 3. The SMILES string of the molecule is CCc1nc(NN)c(C)c(NCCOCC(C)C)n1. The molecule has 0 amide bonds. The quantitative estimate of drug-likeness (QED) is 0.378. The number of nitrogen functional groups attached to an aromatic ring is 1. The van der Waals surface area contributed by atoms with Gasteiger partial charge in [-0.05, 0) is 12.8 Å². The number of aryl methyl sites for hydroxylation is 1. The smallest absolute Gasteiger partial charge is 0.148 e. The van der Waals surface area contributed by atoms with Gasteiger partial charge in [-0.25, -0.2) is 15.8 Å². The van der Waals surface area contributed by atoms with Crippen LogP contribution in [0.2, 0.25) is 0 Å². The molecule has 6 nitrogen and oxygen atoms in total. The lowest BCUT2D eigenvalue weighted by molar-refractivity contribution is 0.118. The molecule has 1 aromatic heterocycles. The van der Waals surface area contributed by atoms with Crippen molar-refractivity contribution in [1.82, 2.24) is 9.97 Å². The van der Waals surface area contributed by atoms with Crippen LogP contribution in [0.15, 0.2) is 0 Å². The molecule has 0 aliphatic heterocycles. The molecule has 0 radical (unpaired) electrons. The van der Waals surface area contributed by atoms with Crippen LogP contribution in [0.3, 0.4) is 0 Å². The number of nitrogens with two attached hydrogens (primary N) is 1. The normalized spacial score (nSPS) is 10.8. The summed E-state index contributed by atoms with van der Waals surface area (Å²) in [6.45, 7) is 10.4. The number of aromatic nitrogens is 2. The minimum atomic E-state index is 0.556. The Balaban J connectivity index is 2.57. The van der Waals surface area contributed by atoms with Gasteiger partial charge in [0.2, 0.25) is 0 Å². The van der Waals surface area contributed by atoms with E-state index in [4.69, 9.17) is 10.6 Å². The van der Waals surface area contributed by atoms with Gasteiger partial charge in [-0.1, -0.05) is 20.8 Å². The summed E-state index contributed by atoms with van der Waals surface area (Å²) in [4.78, 5) is 8.78. The highest BCUT2D eigenvalue weighted by Gasteiger charge is 2.08. The van der Waals surface area contributed by atoms with Crippen LogP contribution >= 0.6 is 0 Å². The van der Waals surface area contributed by atoms with Crippen molar-refractivity contribution in [2.75, 3.05) is 30.5 Å². The van der Waals surface area contributed by atoms with E-state index < -0.39 is 0 Å². The largest absolute Gasteiger partial charge is 0.379 e. The van der Waals surface area contributed by atoms with Crippen molar-refractivity contribution in [1.29, 1.82) is 0 Å². The predicted octanol–water partition coefficient (Wildman–Crippen LogP) is 1.72. The Morgan fingerprint density at radius 3 is 2.53 bits per heavy atom. The molecule has 1 rings (SSSR count). The number of hydrazine groups is 1. The number of nitrogens with zero attached hydrogens (tertiary/aromatic N) is 2. The van der Waals surface area contributed by atoms with Crippen LogP contribution in [0, 0.1) is 12.8 Å². The van der Waals surface area contributed by atoms with Gasteiger partial charge in [-0.3, -0.25) is 0 Å². The second-order valence-electron chi connectivity index (χ2n) is 4.86. The third-order valence-corrected chi connectivity index (χ3v) is 2.64. The van der Waals surface area contributed by atoms with E-state index in [2.05, 4.69) is 34.6 Å². The minimum Gasteiger partial charge on any atom is -0.379 e. The van der Waals surface area contributed by atoms with Gasteiger partial charge in [0.25, 0.3) is 0 Å². The second-order valence-corrected chi connectivity index (χ2v) is 4.86. The van der Waals surface area contributed by atoms with Gasteiger partial charge in [0.15, 0.2) is 0 Å². The summed E-state index contributed by atoms with van der Waals surface area (Å²) < 4.78 is 5.52. The number of anilines is 2. The van der Waals surface area contributed by atoms with Crippen molar-refractivity contribution in [3.8, 4) is 0 Å². The van der Waals surface area contributed by atoms with E-state index >= 15 is 0 Å². The minimum absolute atomic E-state index is 0.556. The van der Waals surface area contributed by atoms with Gasteiger partial charge in [0, 0.05) is 25.1 Å². The second kappa shape index (κ2) is 7.91. The molecule has 0 fully saturated rings. The van der Waals surface area contributed by atoms with Gasteiger partial charge < -0.3 is 15.5 Å². The molecule has 0 saturated carbocycles. The first-order chi connectivity index (χ1) is 9.08. The average Bonchev–Trinajstić information content (AvgIpc) is 2.39. The molecule has 1 heterocycles. The lowest BCUT2D eigenvalue weighted by Crippen LogP contribution is -2.17. The van der Waals surface area contributed by atoms with E-state index in [0.717, 1.165) is 36.8 Å². The fraction of sp³-hybridized carbons (Fsp3) is 0.692. The van der Waals surface area contributed by atoms with Crippen LogP contribution in [0.25, 0.3) is 0 Å². The molecule has 0 spiro atoms. The number of rotatable bonds is 8. The van der Waals surface area contributed by atoms with Crippen molar-refractivity contribution in [2.45, 2.75) is 34.1 Å². The molecule has 0 saturated heterocycles. The third kappa shape index (κ3) is 5.00. The third-order valence-electron chi connectivity index (χ3n) is 2.64. The van der Waals surface area contributed by atoms with E-state index in [1.165, 1.54) is 0 Å². The number of hydrogen-bond acceptors (Lipinski definition) is 6. The Morgan fingerprint density at radius 2 is 1.95 bits per heavy atom. The number of ether oxygens (including phenoxy) is 1. The van der Waals surface area contributed by atoms with Crippen LogP contribution < -0.4 is 16.6 Å². The summed E-state index contributed by atoms with van der Waals surface area (Å²) >= 11 is 0. The predicted molar refractivity (Wildman–Crippen MR) is 78.1 cm³/mol. The monoisotopic (exact) mass is 267 g/mol. The highest BCUT2D eigenvalue weighted by molar-refractivity contribution is 5.56. The molecule has 1 aromatic rings. The molecule has 0 atom stereocenters. The molecule has 108 valence electrons. The lowest BCUT2D eigenvalue weighted by Gasteiger charge is -2.13. The standard InChI is InChI=1S/C13H25N5O/c1-5-11-16-12(10(4)13(17-11)18-14)15-6-7-19-8-9(2)3/h9H,5-8,14H2,1-4H3,(H2,15,16,17,18). The van der Waals surface area contributed by atoms with Crippen LogP contribution in [0.4, 0.5) is 11.6 Å². The molecule has 0 aromatic carbocycles. The molecular formula is C13H25N5O. The Bertz CT molecular complexity index is 395. The molecule has 0 unspecified atom stereocenters. The Hall–Kier alpha value is -1.40. The van der Waals surface area contributed by atoms with E-state index in [1.807, 2.05) is 13.8 Å². The molecule has 0 aliphatic rings. The zero-order valence-electron chi connectivity index (χ0n) is 12.3. The Labute approximate surface area is 115 Å². The van der Waals surface area contributed by atoms with Crippen LogP contribution in [-0.4, -0.2) is 29.7 Å². The van der Waals surface area contributed by atoms with Gasteiger partial charge in [-0.2, -0.15) is 0 Å². The molecule has 0 aliphatic carbocycles. The van der Waals surface area contributed by atoms with Gasteiger partial charge in [-0.15, -0.1) is 0 Å². The highest BCUT2D eigenvalue weighted by atomic mass is 16.5. The molecule has 6 heteroatoms. The lowest BCUT2D eigenvalue weighted by atomic mass is 10.2. The zero-order valence-corrected chi connectivity index (χ0v) is 12.3. The molecular weight excluding hydrogens is 242 g/mol. The van der Waals surface area contributed by atoms with Gasteiger partial charge in [0.05, 0.1) is 6.61 Å². The summed E-state index contributed by atoms with van der Waals surface area (Å²) in [5, 5.41) is 3.26. The summed E-state index contributed by atoms with van der Waals surface area (Å²) in [6.07, 6.45) is 0.771. The van der Waals surface area contributed by atoms with E-state index in [1.54, 1.807) is 0 Å². The highest BCUT2D eigenvalue weighted by Crippen LogP contribution is 2.19. The first-order valence-corrected chi connectivity index (χ1v) is 6.74. The molecule has 4 N–H and O–H groups in total. The van der Waals surface area contributed by atoms with Crippen LogP contribution in [0.1, 0.15) is 32.2 Å². The first kappa shape index (κ1) is 15.7. The molecule has 19 heavy (non-hydrogen) atoms. The van der Waals surface area contributed by atoms with E-state index in [9.17, 15) is 0 Å². The summed E-state index contributed by atoms with van der Waals surface area (Å²) in [6, 6.07) is 0. The Kier molecular flexibility index (Phi) is 6.52.